The van der Waals surface area contributed by atoms with Gasteiger partial charge in [-0.15, -0.1) is 0 Å². The van der Waals surface area contributed by atoms with Crippen LogP contribution in [0.3, 0.4) is 0 Å². The number of likely N-dealkylation sites (tertiary alicyclic amines) is 1. The Balaban J connectivity index is 1.87. The van der Waals surface area contributed by atoms with Crippen LogP contribution in [0.25, 0.3) is 0 Å². The second-order valence-corrected chi connectivity index (χ2v) is 8.94. The van der Waals surface area contributed by atoms with Crippen molar-refractivity contribution in [2.24, 2.45) is 11.3 Å². The third kappa shape index (κ3) is 3.88. The topological polar surface area (TPSA) is 104 Å². The van der Waals surface area contributed by atoms with E-state index in [4.69, 9.17) is 4.42 Å². The van der Waals surface area contributed by atoms with E-state index in [1.165, 1.54) is 0 Å². The van der Waals surface area contributed by atoms with Gasteiger partial charge in [-0.1, -0.05) is 24.3 Å². The van der Waals surface area contributed by atoms with E-state index in [-0.39, 0.29) is 17.9 Å². The molecule has 7 heteroatoms. The first-order valence-corrected chi connectivity index (χ1v) is 10.0. The number of carboxylic acids is 1. The van der Waals surface area contributed by atoms with Gasteiger partial charge in [-0.25, -0.2) is 4.98 Å². The molecule has 1 amide bonds. The molecule has 2 aliphatic rings. The molecule has 158 valence electrons. The standard InChI is InChI=1S/C22H30N2O5/c1-13-9-10-15(18-23-17(14(2)29-18)21(3,4)28)12-24(13)20(27)22(5)11-7-6-8-16(22)19(25)26/h6-8,11,13,15-16,28H,9-10,12H2,1-5H3,(H,25,26)/t13-,15-,16?,22?/m1/s1. The van der Waals surface area contributed by atoms with E-state index < -0.39 is 22.9 Å². The number of carbonyl (C=O) groups excluding carboxylic acids is 1. The number of amides is 1. The SMILES string of the molecule is Cc1oc([C@@H]2CC[C@@H](C)N(C(=O)C3(C)C=CC=CC3C(=O)O)C2)nc1C(C)(C)O. The number of aryl methyl sites for hydroxylation is 1. The Labute approximate surface area is 171 Å². The van der Waals surface area contributed by atoms with E-state index in [0.717, 1.165) is 12.8 Å². The van der Waals surface area contributed by atoms with Gasteiger partial charge in [0.15, 0.2) is 5.89 Å². The Bertz CT molecular complexity index is 863. The van der Waals surface area contributed by atoms with E-state index in [2.05, 4.69) is 4.98 Å². The number of hydrogen-bond donors (Lipinski definition) is 2. The fraction of sp³-hybridized carbons (Fsp3) is 0.591. The van der Waals surface area contributed by atoms with Gasteiger partial charge >= 0.3 is 5.97 Å². The van der Waals surface area contributed by atoms with Crippen LogP contribution in [0, 0.1) is 18.3 Å². The maximum absolute atomic E-state index is 13.5. The average Bonchev–Trinajstić information content (AvgIpc) is 3.04. The molecule has 0 saturated carbocycles. The number of aliphatic hydroxyl groups is 1. The van der Waals surface area contributed by atoms with Crippen molar-refractivity contribution in [1.29, 1.82) is 0 Å². The van der Waals surface area contributed by atoms with Crippen LogP contribution in [0.5, 0.6) is 0 Å². The van der Waals surface area contributed by atoms with Gasteiger partial charge in [0.25, 0.3) is 0 Å². The van der Waals surface area contributed by atoms with E-state index >= 15 is 0 Å². The predicted octanol–water partition coefficient (Wildman–Crippen LogP) is 3.14. The Morgan fingerprint density at radius 1 is 1.31 bits per heavy atom. The maximum atomic E-state index is 13.5. The summed E-state index contributed by atoms with van der Waals surface area (Å²) in [6.45, 7) is 9.18. The Morgan fingerprint density at radius 3 is 2.59 bits per heavy atom. The Morgan fingerprint density at radius 2 is 2.00 bits per heavy atom. The number of rotatable bonds is 4. The molecule has 1 aliphatic heterocycles. The summed E-state index contributed by atoms with van der Waals surface area (Å²) in [7, 11) is 0. The van der Waals surface area contributed by atoms with Gasteiger partial charge in [-0.3, -0.25) is 9.59 Å². The number of hydrogen-bond acceptors (Lipinski definition) is 5. The van der Waals surface area contributed by atoms with Crippen molar-refractivity contribution in [1.82, 2.24) is 9.88 Å². The van der Waals surface area contributed by atoms with Crippen molar-refractivity contribution >= 4 is 11.9 Å². The third-order valence-electron chi connectivity index (χ3n) is 6.11. The van der Waals surface area contributed by atoms with Crippen molar-refractivity contribution in [3.8, 4) is 0 Å². The Hall–Kier alpha value is -2.41. The molecule has 2 N–H and O–H groups in total. The van der Waals surface area contributed by atoms with E-state index in [0.29, 0.717) is 23.9 Å². The zero-order valence-corrected chi connectivity index (χ0v) is 17.7. The maximum Gasteiger partial charge on any atom is 0.311 e. The first-order valence-electron chi connectivity index (χ1n) is 10.0. The number of aromatic nitrogens is 1. The number of piperidine rings is 1. The zero-order valence-electron chi connectivity index (χ0n) is 17.7. The molecular formula is C22H30N2O5. The number of carboxylic acid groups (broad SMARTS) is 1. The monoisotopic (exact) mass is 402 g/mol. The van der Waals surface area contributed by atoms with Crippen LogP contribution in [0.2, 0.25) is 0 Å². The van der Waals surface area contributed by atoms with Crippen molar-refractivity contribution in [2.75, 3.05) is 6.54 Å². The number of allylic oxidation sites excluding steroid dienone is 2. The summed E-state index contributed by atoms with van der Waals surface area (Å²) >= 11 is 0. The molecule has 0 radical (unpaired) electrons. The number of oxazole rings is 1. The van der Waals surface area contributed by atoms with Crippen molar-refractivity contribution in [2.45, 2.75) is 65.0 Å². The second-order valence-electron chi connectivity index (χ2n) is 8.94. The molecular weight excluding hydrogens is 372 g/mol. The second kappa shape index (κ2) is 7.44. The minimum atomic E-state index is -1.14. The number of nitrogens with zero attached hydrogens (tertiary/aromatic N) is 2. The molecule has 29 heavy (non-hydrogen) atoms. The lowest BCUT2D eigenvalue weighted by Gasteiger charge is -2.43. The molecule has 1 aliphatic carbocycles. The largest absolute Gasteiger partial charge is 0.481 e. The fourth-order valence-corrected chi connectivity index (χ4v) is 4.34. The molecule has 2 unspecified atom stereocenters. The molecule has 1 aromatic heterocycles. The highest BCUT2D eigenvalue weighted by molar-refractivity contribution is 5.91. The van der Waals surface area contributed by atoms with Gasteiger partial charge < -0.3 is 19.5 Å². The van der Waals surface area contributed by atoms with Crippen LogP contribution in [0.15, 0.2) is 28.7 Å². The minimum absolute atomic E-state index is 0.00543. The smallest absolute Gasteiger partial charge is 0.311 e. The van der Waals surface area contributed by atoms with Gasteiger partial charge in [0.1, 0.15) is 17.1 Å². The van der Waals surface area contributed by atoms with Gasteiger partial charge in [-0.05, 0) is 47.5 Å². The van der Waals surface area contributed by atoms with Gasteiger partial charge in [0.05, 0.1) is 17.3 Å². The van der Waals surface area contributed by atoms with Crippen LogP contribution in [0.4, 0.5) is 0 Å². The highest BCUT2D eigenvalue weighted by Gasteiger charge is 2.47. The fourth-order valence-electron chi connectivity index (χ4n) is 4.34. The molecule has 3 rings (SSSR count). The van der Waals surface area contributed by atoms with E-state index in [9.17, 15) is 19.8 Å². The van der Waals surface area contributed by atoms with Crippen molar-refractivity contribution in [3.63, 3.8) is 0 Å². The highest BCUT2D eigenvalue weighted by atomic mass is 16.4. The quantitative estimate of drug-likeness (QED) is 0.802. The van der Waals surface area contributed by atoms with Crippen LogP contribution >= 0.6 is 0 Å². The third-order valence-corrected chi connectivity index (χ3v) is 6.11. The molecule has 1 saturated heterocycles. The van der Waals surface area contributed by atoms with Crippen LogP contribution in [-0.2, 0) is 15.2 Å². The minimum Gasteiger partial charge on any atom is -0.481 e. The molecule has 2 heterocycles. The zero-order chi connectivity index (χ0) is 21.6. The van der Waals surface area contributed by atoms with E-state index in [1.807, 2.05) is 6.92 Å². The highest BCUT2D eigenvalue weighted by Crippen LogP contribution is 2.39. The summed E-state index contributed by atoms with van der Waals surface area (Å²) in [5, 5.41) is 19.9. The lowest BCUT2D eigenvalue weighted by Crippen LogP contribution is -2.53. The molecule has 1 fully saturated rings. The normalized spacial score (nSPS) is 29.9. The summed E-state index contributed by atoms with van der Waals surface area (Å²) in [6.07, 6.45) is 8.24. The van der Waals surface area contributed by atoms with Crippen molar-refractivity contribution < 1.29 is 24.2 Å². The molecule has 0 spiro atoms. The summed E-state index contributed by atoms with van der Waals surface area (Å²) in [5.41, 5.74) is -1.74. The summed E-state index contributed by atoms with van der Waals surface area (Å²) in [6, 6.07) is -0.00543. The molecule has 4 atom stereocenters. The predicted molar refractivity (Wildman–Crippen MR) is 107 cm³/mol. The summed E-state index contributed by atoms with van der Waals surface area (Å²) < 4.78 is 5.85. The van der Waals surface area contributed by atoms with Gasteiger partial charge in [0.2, 0.25) is 5.91 Å². The van der Waals surface area contributed by atoms with Crippen LogP contribution in [0.1, 0.15) is 63.8 Å². The Kier molecular flexibility index (Phi) is 5.47. The number of carbonyl (C=O) groups is 2. The van der Waals surface area contributed by atoms with E-state index in [1.54, 1.807) is 56.9 Å². The molecule has 0 bridgehead atoms. The van der Waals surface area contributed by atoms with Crippen LogP contribution < -0.4 is 0 Å². The summed E-state index contributed by atoms with van der Waals surface area (Å²) in [5.74, 6) is -1.13. The molecule has 0 aromatic carbocycles. The van der Waals surface area contributed by atoms with Gasteiger partial charge in [-0.2, -0.15) is 0 Å². The van der Waals surface area contributed by atoms with Gasteiger partial charge in [0, 0.05) is 12.6 Å². The van der Waals surface area contributed by atoms with Crippen molar-refractivity contribution in [3.05, 3.63) is 41.6 Å². The lowest BCUT2D eigenvalue weighted by atomic mass is 9.72. The lowest BCUT2D eigenvalue weighted by molar-refractivity contribution is -0.154. The molecule has 7 nitrogen and oxygen atoms in total. The first-order chi connectivity index (χ1) is 13.4. The molecule has 1 aromatic rings. The number of aliphatic carboxylic acids is 1. The van der Waals surface area contributed by atoms with Crippen LogP contribution in [-0.4, -0.2) is 44.6 Å². The first kappa shape index (κ1) is 21.3. The summed E-state index contributed by atoms with van der Waals surface area (Å²) in [4.78, 5) is 31.5. The average molecular weight is 402 g/mol.